The first kappa shape index (κ1) is 22.2. The summed E-state index contributed by atoms with van der Waals surface area (Å²) in [6.07, 6.45) is 0. The molecule has 0 aliphatic carbocycles. The molecule has 1 saturated heterocycles. The van der Waals surface area contributed by atoms with Crippen molar-refractivity contribution >= 4 is 28.7 Å². The molecule has 0 saturated carbocycles. The van der Waals surface area contributed by atoms with Crippen molar-refractivity contribution in [3.63, 3.8) is 0 Å². The van der Waals surface area contributed by atoms with Gasteiger partial charge in [-0.3, -0.25) is 4.79 Å². The fourth-order valence-corrected chi connectivity index (χ4v) is 4.45. The molecule has 1 fully saturated rings. The predicted octanol–water partition coefficient (Wildman–Crippen LogP) is 3.49. The summed E-state index contributed by atoms with van der Waals surface area (Å²) in [6, 6.07) is 14.6. The van der Waals surface area contributed by atoms with Crippen LogP contribution in [-0.4, -0.2) is 43.4 Å². The molecule has 0 bridgehead atoms. The average molecular weight is 457 g/mol. The van der Waals surface area contributed by atoms with Gasteiger partial charge in [-0.05, 0) is 35.9 Å². The molecule has 32 heavy (non-hydrogen) atoms. The van der Waals surface area contributed by atoms with Crippen LogP contribution in [0.15, 0.2) is 58.9 Å². The summed E-state index contributed by atoms with van der Waals surface area (Å²) >= 11 is 1.48. The molecular weight excluding hydrogens is 431 g/mol. The number of halogens is 1. The summed E-state index contributed by atoms with van der Waals surface area (Å²) < 4.78 is 21.1. The van der Waals surface area contributed by atoms with Crippen LogP contribution in [0.3, 0.4) is 0 Å². The fourth-order valence-electron chi connectivity index (χ4n) is 3.50. The molecule has 0 radical (unpaired) electrons. The van der Waals surface area contributed by atoms with Crippen LogP contribution in [0.4, 0.5) is 15.8 Å². The Balaban J connectivity index is 1.63. The van der Waals surface area contributed by atoms with Gasteiger partial charge in [-0.25, -0.2) is 9.38 Å². The second-order valence-corrected chi connectivity index (χ2v) is 8.12. The molecule has 2 aromatic carbocycles. The van der Waals surface area contributed by atoms with Crippen LogP contribution in [0.2, 0.25) is 0 Å². The number of aromatic nitrogens is 1. The topological polar surface area (TPSA) is 68.1 Å². The summed E-state index contributed by atoms with van der Waals surface area (Å²) in [5.41, 5.74) is 6.42. The highest BCUT2D eigenvalue weighted by Crippen LogP contribution is 2.25. The van der Waals surface area contributed by atoms with Crippen LogP contribution >= 0.6 is 11.3 Å². The number of nitrogens with one attached hydrogen (secondary N) is 1. The normalized spacial score (nSPS) is 14.6. The van der Waals surface area contributed by atoms with Gasteiger partial charge in [-0.2, -0.15) is 5.48 Å². The Morgan fingerprint density at radius 1 is 1.22 bits per heavy atom. The minimum atomic E-state index is -0.399. The van der Waals surface area contributed by atoms with Crippen molar-refractivity contribution in [3.8, 4) is 11.3 Å². The van der Waals surface area contributed by atoms with Crippen LogP contribution in [0, 0.1) is 5.82 Å². The number of hydrogen-bond acceptors (Lipinski definition) is 7. The maximum absolute atomic E-state index is 13.6. The van der Waals surface area contributed by atoms with E-state index >= 15 is 0 Å². The second-order valence-electron chi connectivity index (χ2n) is 7.28. The Morgan fingerprint density at radius 3 is 2.72 bits per heavy atom. The van der Waals surface area contributed by atoms with Gasteiger partial charge in [0.25, 0.3) is 0 Å². The lowest BCUT2D eigenvalue weighted by Gasteiger charge is -2.28. The van der Waals surface area contributed by atoms with E-state index in [2.05, 4.69) is 39.6 Å². The summed E-state index contributed by atoms with van der Waals surface area (Å²) in [7, 11) is 0. The Labute approximate surface area is 189 Å². The maximum Gasteiger partial charge on any atom is 0.321 e. The van der Waals surface area contributed by atoms with E-state index in [1.54, 1.807) is 12.1 Å². The number of benzene rings is 2. The number of hydroxylamine groups is 1. The first-order chi connectivity index (χ1) is 15.6. The largest absolute Gasteiger partial charge is 0.378 e. The lowest BCUT2D eigenvalue weighted by molar-refractivity contribution is -0.148. The highest BCUT2D eigenvalue weighted by Gasteiger charge is 2.13. The molecule has 0 spiro atoms. The average Bonchev–Trinajstić information content (AvgIpc) is 3.19. The molecule has 0 unspecified atom stereocenters. The Morgan fingerprint density at radius 2 is 2.00 bits per heavy atom. The van der Waals surface area contributed by atoms with Crippen LogP contribution in [-0.2, 0) is 20.9 Å². The summed E-state index contributed by atoms with van der Waals surface area (Å²) in [5, 5.41) is 2.04. The van der Waals surface area contributed by atoms with E-state index in [1.165, 1.54) is 36.1 Å². The Hall–Kier alpha value is -3.01. The first-order valence-electron chi connectivity index (χ1n) is 10.4. The smallest absolute Gasteiger partial charge is 0.321 e. The van der Waals surface area contributed by atoms with Crippen molar-refractivity contribution in [2.75, 3.05) is 37.7 Å². The molecule has 0 amide bonds. The van der Waals surface area contributed by atoms with Crippen molar-refractivity contribution in [2.24, 2.45) is 4.99 Å². The number of carbonyl (C=O) groups is 1. The Kier molecular flexibility index (Phi) is 7.31. The Bertz CT molecular complexity index is 1120. The molecule has 2 heterocycles. The second kappa shape index (κ2) is 10.5. The van der Waals surface area contributed by atoms with E-state index in [0.29, 0.717) is 18.8 Å². The van der Waals surface area contributed by atoms with Crippen molar-refractivity contribution in [2.45, 2.75) is 13.5 Å². The van der Waals surface area contributed by atoms with Gasteiger partial charge >= 0.3 is 5.97 Å². The van der Waals surface area contributed by atoms with E-state index in [4.69, 9.17) is 9.57 Å². The van der Waals surface area contributed by atoms with Crippen molar-refractivity contribution < 1.29 is 18.8 Å². The summed E-state index contributed by atoms with van der Waals surface area (Å²) in [5.74, 6) is -0.728. The van der Waals surface area contributed by atoms with Crippen molar-refractivity contribution in [1.29, 1.82) is 0 Å². The molecule has 3 aromatic rings. The van der Waals surface area contributed by atoms with Gasteiger partial charge < -0.3 is 19.0 Å². The lowest BCUT2D eigenvalue weighted by Crippen LogP contribution is -2.36. The SMILES string of the molecule is CC(=O)ONCCn1c(-c2ccc(N3CCOCC3)cc2)csc1=Nc1cccc(F)c1. The number of thiazole rings is 1. The predicted molar refractivity (Wildman–Crippen MR) is 122 cm³/mol. The minimum Gasteiger partial charge on any atom is -0.378 e. The number of ether oxygens (including phenoxy) is 1. The number of hydrogen-bond donors (Lipinski definition) is 1. The minimum absolute atomic E-state index is 0.329. The number of carbonyl (C=O) groups excluding carboxylic acids is 1. The van der Waals surface area contributed by atoms with E-state index in [-0.39, 0.29) is 5.82 Å². The molecule has 1 aliphatic rings. The molecule has 9 heteroatoms. The molecule has 7 nitrogen and oxygen atoms in total. The number of anilines is 1. The van der Waals surface area contributed by atoms with Gasteiger partial charge in [-0.15, -0.1) is 11.3 Å². The van der Waals surface area contributed by atoms with Crippen molar-refractivity contribution in [3.05, 3.63) is 64.5 Å². The van der Waals surface area contributed by atoms with Gasteiger partial charge in [0.1, 0.15) is 5.82 Å². The first-order valence-corrected chi connectivity index (χ1v) is 11.3. The van der Waals surface area contributed by atoms with E-state index in [0.717, 1.165) is 42.4 Å². The van der Waals surface area contributed by atoms with Crippen LogP contribution in [0.5, 0.6) is 0 Å². The molecular formula is C23H25FN4O3S. The zero-order chi connectivity index (χ0) is 22.3. The van der Waals surface area contributed by atoms with Gasteiger partial charge in [0, 0.05) is 44.2 Å². The zero-order valence-corrected chi connectivity index (χ0v) is 18.6. The van der Waals surface area contributed by atoms with Crippen molar-refractivity contribution in [1.82, 2.24) is 10.0 Å². The number of rotatable bonds is 7. The van der Waals surface area contributed by atoms with Crippen LogP contribution in [0.25, 0.3) is 11.3 Å². The third-order valence-corrected chi connectivity index (χ3v) is 5.89. The van der Waals surface area contributed by atoms with Gasteiger partial charge in [0.2, 0.25) is 0 Å². The molecule has 1 aliphatic heterocycles. The molecule has 1 aromatic heterocycles. The third kappa shape index (κ3) is 5.61. The fraction of sp³-hybridized carbons (Fsp3) is 0.304. The number of morpholine rings is 1. The zero-order valence-electron chi connectivity index (χ0n) is 17.8. The molecule has 0 atom stereocenters. The summed E-state index contributed by atoms with van der Waals surface area (Å²) in [6.45, 7) is 5.53. The highest BCUT2D eigenvalue weighted by atomic mass is 32.1. The molecule has 168 valence electrons. The van der Waals surface area contributed by atoms with Gasteiger partial charge in [-0.1, -0.05) is 18.2 Å². The number of nitrogens with zero attached hydrogens (tertiary/aromatic N) is 3. The standard InChI is InChI=1S/C23H25FN4O3S/c1-17(29)31-25-9-10-28-22(16-32-23(28)26-20-4-2-3-19(24)15-20)18-5-7-21(8-6-18)27-11-13-30-14-12-27/h2-8,15-16,25H,9-14H2,1H3. The van der Waals surface area contributed by atoms with Crippen LogP contribution < -0.4 is 15.2 Å². The summed E-state index contributed by atoms with van der Waals surface area (Å²) in [4.78, 5) is 23.6. The van der Waals surface area contributed by atoms with Gasteiger partial charge in [0.05, 0.1) is 24.6 Å². The third-order valence-electron chi connectivity index (χ3n) is 5.02. The van der Waals surface area contributed by atoms with Crippen LogP contribution in [0.1, 0.15) is 6.92 Å². The quantitative estimate of drug-likeness (QED) is 0.436. The lowest BCUT2D eigenvalue weighted by atomic mass is 10.1. The van der Waals surface area contributed by atoms with E-state index < -0.39 is 5.97 Å². The van der Waals surface area contributed by atoms with E-state index in [1.807, 2.05) is 9.95 Å². The molecule has 1 N–H and O–H groups in total. The maximum atomic E-state index is 13.6. The van der Waals surface area contributed by atoms with Gasteiger partial charge in [0.15, 0.2) is 4.80 Å². The van der Waals surface area contributed by atoms with E-state index in [9.17, 15) is 9.18 Å². The molecule has 4 rings (SSSR count). The monoisotopic (exact) mass is 456 g/mol. The highest BCUT2D eigenvalue weighted by molar-refractivity contribution is 7.07.